The van der Waals surface area contributed by atoms with E-state index in [4.69, 9.17) is 28.6 Å². The van der Waals surface area contributed by atoms with E-state index >= 15 is 0 Å². The fourth-order valence-corrected chi connectivity index (χ4v) is 4.38. The number of aryl methyl sites for hydroxylation is 1. The van der Waals surface area contributed by atoms with Crippen LogP contribution in [-0.2, 0) is 0 Å². The van der Waals surface area contributed by atoms with Crippen molar-refractivity contribution in [3.05, 3.63) is 87.0 Å². The number of nitrogens with zero attached hydrogens (tertiary/aromatic N) is 2. The molecule has 1 aliphatic heterocycles. The van der Waals surface area contributed by atoms with Gasteiger partial charge in [0.2, 0.25) is 0 Å². The van der Waals surface area contributed by atoms with E-state index in [1.54, 1.807) is 48.5 Å². The van der Waals surface area contributed by atoms with Gasteiger partial charge < -0.3 is 15.5 Å². The third-order valence-electron chi connectivity index (χ3n) is 5.78. The highest BCUT2D eigenvalue weighted by molar-refractivity contribution is 6.35. The number of aromatic nitrogens is 1. The third-order valence-corrected chi connectivity index (χ3v) is 6.30. The van der Waals surface area contributed by atoms with Gasteiger partial charge in [0, 0.05) is 30.4 Å². The Morgan fingerprint density at radius 2 is 1.60 bits per heavy atom. The molecule has 2 amide bonds. The number of likely N-dealkylation sites (tertiary alicyclic amines) is 1. The molecule has 1 aromatic heterocycles. The molecule has 0 atom stereocenters. The molecule has 0 bridgehead atoms. The molecule has 1 fully saturated rings. The Hall–Kier alpha value is -3.42. The fourth-order valence-electron chi connectivity index (χ4n) is 3.95. The number of pyridine rings is 1. The van der Waals surface area contributed by atoms with Crippen molar-refractivity contribution in [1.29, 1.82) is 5.41 Å². The summed E-state index contributed by atoms with van der Waals surface area (Å²) < 4.78 is 0. The first kappa shape index (κ1) is 24.7. The topological polar surface area (TPSA) is 98.2 Å². The minimum absolute atomic E-state index is 0.207. The number of hydrogen-bond acceptors (Lipinski definition) is 4. The summed E-state index contributed by atoms with van der Waals surface area (Å²) in [4.78, 5) is 32.1. The van der Waals surface area contributed by atoms with E-state index in [-0.39, 0.29) is 16.3 Å². The van der Waals surface area contributed by atoms with Gasteiger partial charge in [0.1, 0.15) is 11.7 Å². The number of amides is 2. The second-order valence-electron chi connectivity index (χ2n) is 8.41. The van der Waals surface area contributed by atoms with E-state index in [9.17, 15) is 9.59 Å². The Morgan fingerprint density at radius 1 is 0.914 bits per heavy atom. The van der Waals surface area contributed by atoms with Crippen LogP contribution in [0.1, 0.15) is 51.1 Å². The van der Waals surface area contributed by atoms with Crippen LogP contribution in [0.4, 0.5) is 11.5 Å². The number of hydrogen-bond donors (Lipinski definition) is 3. The van der Waals surface area contributed by atoms with Gasteiger partial charge in [-0.3, -0.25) is 15.0 Å². The first-order valence-corrected chi connectivity index (χ1v) is 12.1. The van der Waals surface area contributed by atoms with Crippen molar-refractivity contribution in [3.8, 4) is 0 Å². The molecule has 0 unspecified atom stereocenters. The summed E-state index contributed by atoms with van der Waals surface area (Å²) in [5.41, 5.74) is 2.33. The van der Waals surface area contributed by atoms with Crippen LogP contribution in [0.3, 0.4) is 0 Å². The monoisotopic (exact) mass is 509 g/mol. The summed E-state index contributed by atoms with van der Waals surface area (Å²) in [7, 11) is 0. The van der Waals surface area contributed by atoms with Crippen LogP contribution in [0, 0.1) is 12.3 Å². The minimum Gasteiger partial charge on any atom is -0.357 e. The Morgan fingerprint density at radius 3 is 2.26 bits per heavy atom. The molecule has 2 heterocycles. The zero-order valence-corrected chi connectivity index (χ0v) is 20.7. The van der Waals surface area contributed by atoms with Crippen molar-refractivity contribution >= 4 is 52.4 Å². The van der Waals surface area contributed by atoms with Crippen LogP contribution in [0.25, 0.3) is 0 Å². The second-order valence-corrected chi connectivity index (χ2v) is 9.26. The highest BCUT2D eigenvalue weighted by Gasteiger charge is 2.20. The molecule has 1 saturated heterocycles. The van der Waals surface area contributed by atoms with Crippen LogP contribution >= 0.6 is 23.2 Å². The molecule has 9 heteroatoms. The van der Waals surface area contributed by atoms with Crippen molar-refractivity contribution in [1.82, 2.24) is 9.88 Å². The number of piperidine rings is 1. The largest absolute Gasteiger partial charge is 0.357 e. The fraction of sp³-hybridized carbons (Fsp3) is 0.231. The number of carbonyl (C=O) groups is 2. The van der Waals surface area contributed by atoms with E-state index in [1.807, 2.05) is 6.92 Å². The summed E-state index contributed by atoms with van der Waals surface area (Å²) in [6.45, 7) is 3.57. The van der Waals surface area contributed by atoms with Crippen LogP contribution < -0.4 is 10.6 Å². The van der Waals surface area contributed by atoms with Gasteiger partial charge in [0.25, 0.3) is 11.8 Å². The third kappa shape index (κ3) is 5.99. The summed E-state index contributed by atoms with van der Waals surface area (Å²) in [6.07, 6.45) is 4.80. The van der Waals surface area contributed by atoms with Crippen molar-refractivity contribution in [2.45, 2.75) is 26.2 Å². The summed E-state index contributed by atoms with van der Waals surface area (Å²) >= 11 is 12.3. The summed E-state index contributed by atoms with van der Waals surface area (Å²) in [5.74, 6) is -0.0921. The lowest BCUT2D eigenvalue weighted by atomic mass is 10.1. The van der Waals surface area contributed by atoms with E-state index < -0.39 is 11.8 Å². The molecule has 35 heavy (non-hydrogen) atoms. The lowest BCUT2D eigenvalue weighted by molar-refractivity contribution is 0.102. The van der Waals surface area contributed by atoms with Gasteiger partial charge >= 0.3 is 0 Å². The molecule has 7 nitrogen and oxygen atoms in total. The average molecular weight is 510 g/mol. The molecule has 0 aliphatic carbocycles. The second kappa shape index (κ2) is 10.9. The lowest BCUT2D eigenvalue weighted by Crippen LogP contribution is -2.35. The Bertz CT molecular complexity index is 1250. The Balaban J connectivity index is 1.52. The normalized spacial score (nSPS) is 13.3. The predicted octanol–water partition coefficient (Wildman–Crippen LogP) is 6.01. The first-order valence-electron chi connectivity index (χ1n) is 11.3. The van der Waals surface area contributed by atoms with Crippen LogP contribution in [0.2, 0.25) is 10.0 Å². The zero-order valence-electron chi connectivity index (χ0n) is 19.2. The SMILES string of the molecule is Cc1cc(Cl)c(NC(=O)c2ccc(C(=N)N3CCCCC3)cc2)c(C(=O)Nc2ccc(Cl)cn2)c1. The van der Waals surface area contributed by atoms with Gasteiger partial charge in [0.05, 0.1) is 21.3 Å². The highest BCUT2D eigenvalue weighted by atomic mass is 35.5. The molecule has 2 aromatic carbocycles. The van der Waals surface area contributed by atoms with Crippen LogP contribution in [-0.4, -0.2) is 40.6 Å². The van der Waals surface area contributed by atoms with Crippen molar-refractivity contribution in [2.75, 3.05) is 23.7 Å². The predicted molar refractivity (Wildman–Crippen MR) is 140 cm³/mol. The zero-order chi connectivity index (χ0) is 24.9. The smallest absolute Gasteiger partial charge is 0.258 e. The Labute approximate surface area is 214 Å². The van der Waals surface area contributed by atoms with E-state index in [0.717, 1.165) is 37.1 Å². The first-order chi connectivity index (χ1) is 16.8. The van der Waals surface area contributed by atoms with E-state index in [0.29, 0.717) is 22.2 Å². The van der Waals surface area contributed by atoms with E-state index in [2.05, 4.69) is 20.5 Å². The molecule has 4 rings (SSSR count). The van der Waals surface area contributed by atoms with E-state index in [1.165, 1.54) is 12.6 Å². The molecule has 0 saturated carbocycles. The maximum atomic E-state index is 13.0. The van der Waals surface area contributed by atoms with Crippen molar-refractivity contribution in [3.63, 3.8) is 0 Å². The summed E-state index contributed by atoms with van der Waals surface area (Å²) in [5, 5.41) is 14.6. The molecule has 3 N–H and O–H groups in total. The van der Waals surface area contributed by atoms with Crippen LogP contribution in [0.15, 0.2) is 54.7 Å². The molecule has 180 valence electrons. The number of carbonyl (C=O) groups excluding carboxylic acids is 2. The molecular formula is C26H25Cl2N5O2. The van der Waals surface area contributed by atoms with Gasteiger partial charge in [0.15, 0.2) is 0 Å². The number of benzene rings is 2. The van der Waals surface area contributed by atoms with Crippen molar-refractivity contribution in [2.24, 2.45) is 0 Å². The molecule has 0 radical (unpaired) electrons. The quantitative estimate of drug-likeness (QED) is 0.289. The van der Waals surface area contributed by atoms with Crippen molar-refractivity contribution < 1.29 is 9.59 Å². The highest BCUT2D eigenvalue weighted by Crippen LogP contribution is 2.29. The lowest BCUT2D eigenvalue weighted by Gasteiger charge is -2.29. The standard InChI is InChI=1S/C26H25Cl2N5O2/c1-16-13-20(26(35)31-22-10-9-19(27)15-30-22)23(21(28)14-16)32-25(34)18-7-5-17(6-8-18)24(29)33-11-3-2-4-12-33/h5-10,13-15,29H,2-4,11-12H2,1H3,(H,32,34)(H,30,31,35). The van der Waals surface area contributed by atoms with Crippen LogP contribution in [0.5, 0.6) is 0 Å². The number of amidine groups is 1. The van der Waals surface area contributed by atoms with Gasteiger partial charge in [-0.15, -0.1) is 0 Å². The van der Waals surface area contributed by atoms with Gasteiger partial charge in [-0.1, -0.05) is 35.3 Å². The number of nitrogens with one attached hydrogen (secondary N) is 3. The van der Waals surface area contributed by atoms with Gasteiger partial charge in [-0.25, -0.2) is 4.98 Å². The average Bonchev–Trinajstić information content (AvgIpc) is 2.87. The molecule has 0 spiro atoms. The number of halogens is 2. The maximum absolute atomic E-state index is 13.0. The number of rotatable bonds is 5. The molecule has 1 aliphatic rings. The summed E-state index contributed by atoms with van der Waals surface area (Å²) in [6, 6.07) is 13.4. The minimum atomic E-state index is -0.467. The Kier molecular flexibility index (Phi) is 7.68. The van der Waals surface area contributed by atoms with Gasteiger partial charge in [-0.2, -0.15) is 0 Å². The molecule has 3 aromatic rings. The maximum Gasteiger partial charge on any atom is 0.258 e. The van der Waals surface area contributed by atoms with Gasteiger partial charge in [-0.05, 0) is 68.1 Å². The molecular weight excluding hydrogens is 485 g/mol. The number of anilines is 2.